The summed E-state index contributed by atoms with van der Waals surface area (Å²) in [4.78, 5) is 30.2. The van der Waals surface area contributed by atoms with Crippen LogP contribution in [0.4, 0.5) is 5.69 Å². The quantitative estimate of drug-likeness (QED) is 0.172. The van der Waals surface area contributed by atoms with Gasteiger partial charge in [0.25, 0.3) is 10.0 Å². The van der Waals surface area contributed by atoms with Crippen LogP contribution in [0.1, 0.15) is 42.4 Å². The smallest absolute Gasteiger partial charge is 0.264 e. The number of anilines is 1. The van der Waals surface area contributed by atoms with Crippen molar-refractivity contribution in [3.05, 3.63) is 130 Å². The molecule has 0 aromatic heterocycles. The molecule has 1 aliphatic rings. The van der Waals surface area contributed by atoms with Crippen LogP contribution in [0.15, 0.2) is 108 Å². The fourth-order valence-electron chi connectivity index (χ4n) is 5.85. The molecule has 2 amide bonds. The van der Waals surface area contributed by atoms with E-state index in [0.717, 1.165) is 46.7 Å². The first kappa shape index (κ1) is 33.5. The lowest BCUT2D eigenvalue weighted by molar-refractivity contribution is -0.140. The Balaban J connectivity index is 1.58. The summed E-state index contributed by atoms with van der Waals surface area (Å²) >= 11 is 12.7. The Labute approximate surface area is 281 Å². The van der Waals surface area contributed by atoms with E-state index in [2.05, 4.69) is 5.32 Å². The minimum Gasteiger partial charge on any atom is -0.352 e. The first-order chi connectivity index (χ1) is 22.1. The van der Waals surface area contributed by atoms with Crippen LogP contribution in [-0.4, -0.2) is 43.8 Å². The molecule has 0 radical (unpaired) electrons. The third-order valence-corrected chi connectivity index (χ3v) is 10.5. The molecule has 5 rings (SSSR count). The predicted octanol–water partition coefficient (Wildman–Crippen LogP) is 7.20. The molecule has 10 heteroatoms. The van der Waals surface area contributed by atoms with Crippen LogP contribution >= 0.6 is 23.2 Å². The lowest BCUT2D eigenvalue weighted by Gasteiger charge is -2.34. The molecular weight excluding hydrogens is 641 g/mol. The van der Waals surface area contributed by atoms with E-state index < -0.39 is 28.5 Å². The third kappa shape index (κ3) is 8.29. The van der Waals surface area contributed by atoms with E-state index in [1.54, 1.807) is 18.2 Å². The summed E-state index contributed by atoms with van der Waals surface area (Å²) < 4.78 is 29.3. The van der Waals surface area contributed by atoms with Crippen LogP contribution in [0, 0.1) is 6.92 Å². The van der Waals surface area contributed by atoms with Crippen LogP contribution < -0.4 is 9.62 Å². The van der Waals surface area contributed by atoms with E-state index in [4.69, 9.17) is 23.2 Å². The fourth-order valence-corrected chi connectivity index (χ4v) is 7.86. The first-order valence-corrected chi connectivity index (χ1v) is 17.5. The van der Waals surface area contributed by atoms with Crippen LogP contribution in [0.25, 0.3) is 0 Å². The van der Waals surface area contributed by atoms with Crippen LogP contribution in [0.3, 0.4) is 0 Å². The maximum absolute atomic E-state index is 14.6. The van der Waals surface area contributed by atoms with Crippen molar-refractivity contribution >= 4 is 50.7 Å². The highest BCUT2D eigenvalue weighted by Gasteiger charge is 2.36. The van der Waals surface area contributed by atoms with Gasteiger partial charge in [0.2, 0.25) is 11.8 Å². The van der Waals surface area contributed by atoms with Gasteiger partial charge in [-0.2, -0.15) is 0 Å². The lowest BCUT2D eigenvalue weighted by Crippen LogP contribution is -2.54. The summed E-state index contributed by atoms with van der Waals surface area (Å²) in [6.07, 6.45) is 4.09. The van der Waals surface area contributed by atoms with Gasteiger partial charge >= 0.3 is 0 Å². The number of hydrogen-bond donors (Lipinski definition) is 1. The van der Waals surface area contributed by atoms with Gasteiger partial charge in [-0.05, 0) is 61.2 Å². The maximum atomic E-state index is 14.6. The van der Waals surface area contributed by atoms with Crippen molar-refractivity contribution in [3.8, 4) is 0 Å². The van der Waals surface area contributed by atoms with Gasteiger partial charge in [0.05, 0.1) is 15.6 Å². The van der Waals surface area contributed by atoms with E-state index >= 15 is 0 Å². The summed E-state index contributed by atoms with van der Waals surface area (Å²) in [6.45, 7) is 1.47. The molecule has 1 N–H and O–H groups in total. The minimum absolute atomic E-state index is 0.00105. The number of sulfonamides is 1. The minimum atomic E-state index is -4.26. The lowest BCUT2D eigenvalue weighted by atomic mass is 10.0. The molecule has 0 spiro atoms. The fraction of sp³-hybridized carbons (Fsp3) is 0.278. The second kappa shape index (κ2) is 15.2. The van der Waals surface area contributed by atoms with Gasteiger partial charge < -0.3 is 10.2 Å². The standard InChI is InChI=1S/C36H37Cl2N3O4S/c1-26-11-10-14-28(21-26)24-40(34(22-27-12-4-2-5-13-27)36(43)39-30-15-8-9-16-30)35(42)25-41(33-20-19-29(37)23-32(33)38)46(44,45)31-17-6-3-7-18-31/h2-7,10-14,17-21,23,30,34H,8-9,15-16,22,24-25H2,1H3,(H,39,43)/t34-/m1/s1. The Hall–Kier alpha value is -3.85. The molecule has 46 heavy (non-hydrogen) atoms. The summed E-state index contributed by atoms with van der Waals surface area (Å²) in [5, 5.41) is 3.59. The first-order valence-electron chi connectivity index (χ1n) is 15.3. The van der Waals surface area contributed by atoms with Gasteiger partial charge in [-0.25, -0.2) is 8.42 Å². The number of aryl methyl sites for hydroxylation is 1. The Morgan fingerprint density at radius 2 is 1.50 bits per heavy atom. The van der Waals surface area contributed by atoms with Gasteiger partial charge in [-0.15, -0.1) is 0 Å². The molecule has 0 bridgehead atoms. The monoisotopic (exact) mass is 677 g/mol. The molecular formula is C36H37Cl2N3O4S. The average Bonchev–Trinajstić information content (AvgIpc) is 3.56. The summed E-state index contributed by atoms with van der Waals surface area (Å²) in [5.41, 5.74) is 2.81. The number of carbonyl (C=O) groups excluding carboxylic acids is 2. The zero-order valence-electron chi connectivity index (χ0n) is 25.6. The molecule has 0 heterocycles. The van der Waals surface area contributed by atoms with E-state index in [1.165, 1.54) is 35.2 Å². The molecule has 1 fully saturated rings. The highest BCUT2D eigenvalue weighted by atomic mass is 35.5. The number of benzene rings is 4. The zero-order chi connectivity index (χ0) is 32.7. The molecule has 7 nitrogen and oxygen atoms in total. The summed E-state index contributed by atoms with van der Waals surface area (Å²) in [6, 6.07) is 28.7. The van der Waals surface area contributed by atoms with Crippen molar-refractivity contribution in [3.63, 3.8) is 0 Å². The van der Waals surface area contributed by atoms with Crippen molar-refractivity contribution < 1.29 is 18.0 Å². The van der Waals surface area contributed by atoms with Crippen molar-refractivity contribution in [2.24, 2.45) is 0 Å². The number of rotatable bonds is 12. The molecule has 1 saturated carbocycles. The van der Waals surface area contributed by atoms with Gasteiger partial charge in [0, 0.05) is 24.0 Å². The second-order valence-electron chi connectivity index (χ2n) is 11.6. The van der Waals surface area contributed by atoms with Crippen molar-refractivity contribution in [1.29, 1.82) is 0 Å². The second-order valence-corrected chi connectivity index (χ2v) is 14.3. The van der Waals surface area contributed by atoms with E-state index in [9.17, 15) is 18.0 Å². The van der Waals surface area contributed by atoms with E-state index in [0.29, 0.717) is 5.02 Å². The predicted molar refractivity (Wildman–Crippen MR) is 183 cm³/mol. The highest BCUT2D eigenvalue weighted by molar-refractivity contribution is 7.92. The molecule has 4 aromatic carbocycles. The summed E-state index contributed by atoms with van der Waals surface area (Å²) in [7, 11) is -4.26. The van der Waals surface area contributed by atoms with Gasteiger partial charge in [-0.3, -0.25) is 13.9 Å². The van der Waals surface area contributed by atoms with Gasteiger partial charge in [0.1, 0.15) is 12.6 Å². The Morgan fingerprint density at radius 3 is 2.15 bits per heavy atom. The maximum Gasteiger partial charge on any atom is 0.264 e. The molecule has 240 valence electrons. The van der Waals surface area contributed by atoms with Gasteiger partial charge in [0.15, 0.2) is 0 Å². The highest BCUT2D eigenvalue weighted by Crippen LogP contribution is 2.33. The molecule has 0 aliphatic heterocycles. The van der Waals surface area contributed by atoms with Crippen molar-refractivity contribution in [1.82, 2.24) is 10.2 Å². The number of halogens is 2. The van der Waals surface area contributed by atoms with E-state index in [-0.39, 0.29) is 40.5 Å². The normalized spacial score (nSPS) is 14.1. The molecule has 4 aromatic rings. The van der Waals surface area contributed by atoms with E-state index in [1.807, 2.05) is 61.5 Å². The molecule has 0 saturated heterocycles. The molecule has 1 atom stereocenters. The van der Waals surface area contributed by atoms with Gasteiger partial charge in [-0.1, -0.05) is 114 Å². The number of carbonyl (C=O) groups is 2. The average molecular weight is 679 g/mol. The molecule has 1 aliphatic carbocycles. The topological polar surface area (TPSA) is 86.8 Å². The largest absolute Gasteiger partial charge is 0.352 e. The Bertz CT molecular complexity index is 1760. The zero-order valence-corrected chi connectivity index (χ0v) is 27.9. The SMILES string of the molecule is Cc1cccc(CN(C(=O)CN(c2ccc(Cl)cc2Cl)S(=O)(=O)c2ccccc2)[C@H](Cc2ccccc2)C(=O)NC2CCCC2)c1. The number of amides is 2. The summed E-state index contributed by atoms with van der Waals surface area (Å²) in [5.74, 6) is -0.812. The van der Waals surface area contributed by atoms with Crippen LogP contribution in [-0.2, 0) is 32.6 Å². The van der Waals surface area contributed by atoms with Crippen molar-refractivity contribution in [2.75, 3.05) is 10.8 Å². The Kier molecular flexibility index (Phi) is 11.0. The van der Waals surface area contributed by atoms with Crippen LogP contribution in [0.5, 0.6) is 0 Å². The number of hydrogen-bond acceptors (Lipinski definition) is 4. The number of nitrogens with one attached hydrogen (secondary N) is 1. The Morgan fingerprint density at radius 1 is 0.848 bits per heavy atom. The molecule has 0 unspecified atom stereocenters. The van der Waals surface area contributed by atoms with Crippen molar-refractivity contribution in [2.45, 2.75) is 62.6 Å². The van der Waals surface area contributed by atoms with Crippen LogP contribution in [0.2, 0.25) is 10.0 Å². The third-order valence-electron chi connectivity index (χ3n) is 8.20. The number of nitrogens with zero attached hydrogens (tertiary/aromatic N) is 2.